The van der Waals surface area contributed by atoms with E-state index >= 15 is 0 Å². The predicted molar refractivity (Wildman–Crippen MR) is 110 cm³/mol. The van der Waals surface area contributed by atoms with Gasteiger partial charge in [-0.1, -0.05) is 35.1 Å². The van der Waals surface area contributed by atoms with Crippen molar-refractivity contribution in [3.05, 3.63) is 59.1 Å². The van der Waals surface area contributed by atoms with E-state index in [0.717, 1.165) is 35.0 Å². The molecule has 0 unspecified atom stereocenters. The summed E-state index contributed by atoms with van der Waals surface area (Å²) in [5.41, 5.74) is 1.56. The second-order valence-corrected chi connectivity index (χ2v) is 7.58. The van der Waals surface area contributed by atoms with Crippen molar-refractivity contribution in [2.45, 2.75) is 13.8 Å². The van der Waals surface area contributed by atoms with E-state index in [1.807, 2.05) is 24.3 Å². The molecule has 136 valence electrons. The molecule has 0 saturated heterocycles. The number of quaternary nitrogens is 1. The lowest BCUT2D eigenvalue weighted by Gasteiger charge is -2.23. The number of para-hydroxylation sites is 1. The lowest BCUT2D eigenvalue weighted by atomic mass is 10.2. The summed E-state index contributed by atoms with van der Waals surface area (Å²) in [7, 11) is 0. The summed E-state index contributed by atoms with van der Waals surface area (Å²) in [5.74, 6) is -0.0349. The number of anilines is 1. The Bertz CT molecular complexity index is 841. The van der Waals surface area contributed by atoms with Gasteiger partial charge in [0.15, 0.2) is 5.13 Å². The molecule has 0 atom stereocenters. The van der Waals surface area contributed by atoms with Crippen LogP contribution >= 0.6 is 22.9 Å². The van der Waals surface area contributed by atoms with Gasteiger partial charge in [-0.05, 0) is 50.2 Å². The number of rotatable bonds is 7. The van der Waals surface area contributed by atoms with Gasteiger partial charge in [0.25, 0.3) is 5.91 Å². The Kier molecular flexibility index (Phi) is 6.25. The molecule has 0 saturated carbocycles. The van der Waals surface area contributed by atoms with Crippen molar-refractivity contribution in [2.75, 3.05) is 31.1 Å². The van der Waals surface area contributed by atoms with Crippen molar-refractivity contribution in [3.63, 3.8) is 0 Å². The average molecular weight is 389 g/mol. The second-order valence-electron chi connectivity index (χ2n) is 6.13. The van der Waals surface area contributed by atoms with Crippen LogP contribution in [0.15, 0.2) is 48.5 Å². The van der Waals surface area contributed by atoms with Crippen LogP contribution < -0.4 is 9.80 Å². The van der Waals surface area contributed by atoms with Gasteiger partial charge in [0, 0.05) is 10.6 Å². The number of hydrogen-bond donors (Lipinski definition) is 1. The SMILES string of the molecule is CC[NH+](CC)CCN(C(=O)c1ccc(Cl)cc1)c1nc2ccccc2s1. The van der Waals surface area contributed by atoms with Crippen molar-refractivity contribution in [3.8, 4) is 0 Å². The summed E-state index contributed by atoms with van der Waals surface area (Å²) in [5, 5.41) is 1.37. The molecule has 26 heavy (non-hydrogen) atoms. The minimum absolute atomic E-state index is 0.0349. The fourth-order valence-electron chi connectivity index (χ4n) is 2.88. The number of benzene rings is 2. The molecule has 0 spiro atoms. The van der Waals surface area contributed by atoms with Crippen LogP contribution in [0.1, 0.15) is 24.2 Å². The van der Waals surface area contributed by atoms with Crippen LogP contribution in [0.2, 0.25) is 5.02 Å². The smallest absolute Gasteiger partial charge is 0.260 e. The Morgan fingerprint density at radius 2 is 1.81 bits per heavy atom. The maximum atomic E-state index is 13.2. The third-order valence-electron chi connectivity index (χ3n) is 4.54. The van der Waals surface area contributed by atoms with Gasteiger partial charge in [-0.25, -0.2) is 4.98 Å². The zero-order chi connectivity index (χ0) is 18.5. The van der Waals surface area contributed by atoms with Crippen LogP contribution in [0.25, 0.3) is 10.2 Å². The second kappa shape index (κ2) is 8.62. The van der Waals surface area contributed by atoms with Crippen LogP contribution in [0.3, 0.4) is 0 Å². The Hall–Kier alpha value is -1.95. The van der Waals surface area contributed by atoms with E-state index in [1.165, 1.54) is 4.90 Å². The fourth-order valence-corrected chi connectivity index (χ4v) is 4.00. The molecule has 1 aromatic heterocycles. The molecule has 0 aliphatic carbocycles. The van der Waals surface area contributed by atoms with Crippen LogP contribution in [0.5, 0.6) is 0 Å². The van der Waals surface area contributed by atoms with E-state index in [1.54, 1.807) is 40.5 Å². The van der Waals surface area contributed by atoms with E-state index in [0.29, 0.717) is 17.1 Å². The molecule has 3 rings (SSSR count). The lowest BCUT2D eigenvalue weighted by molar-refractivity contribution is -0.894. The highest BCUT2D eigenvalue weighted by atomic mass is 35.5. The highest BCUT2D eigenvalue weighted by molar-refractivity contribution is 7.22. The minimum Gasteiger partial charge on any atom is -0.334 e. The number of hydrogen-bond acceptors (Lipinski definition) is 3. The van der Waals surface area contributed by atoms with Gasteiger partial charge in [0.05, 0.1) is 36.4 Å². The molecule has 4 nitrogen and oxygen atoms in total. The van der Waals surface area contributed by atoms with Gasteiger partial charge >= 0.3 is 0 Å². The zero-order valence-corrected chi connectivity index (χ0v) is 16.6. The predicted octanol–water partition coefficient (Wildman–Crippen LogP) is 3.52. The summed E-state index contributed by atoms with van der Waals surface area (Å²) in [4.78, 5) is 21.1. The highest BCUT2D eigenvalue weighted by Crippen LogP contribution is 2.29. The van der Waals surface area contributed by atoms with Crippen molar-refractivity contribution in [1.82, 2.24) is 4.98 Å². The van der Waals surface area contributed by atoms with Crippen molar-refractivity contribution < 1.29 is 9.69 Å². The molecule has 1 N–H and O–H groups in total. The van der Waals surface area contributed by atoms with E-state index in [2.05, 4.69) is 13.8 Å². The zero-order valence-electron chi connectivity index (χ0n) is 15.0. The normalized spacial score (nSPS) is 11.2. The Labute approximate surface area is 163 Å². The van der Waals surface area contributed by atoms with Crippen molar-refractivity contribution in [1.29, 1.82) is 0 Å². The number of aromatic nitrogens is 1. The van der Waals surface area contributed by atoms with Gasteiger partial charge < -0.3 is 4.90 Å². The number of amides is 1. The molecule has 6 heteroatoms. The largest absolute Gasteiger partial charge is 0.334 e. The molecule has 0 bridgehead atoms. The van der Waals surface area contributed by atoms with Gasteiger partial charge in [0.2, 0.25) is 0 Å². The Morgan fingerprint density at radius 3 is 2.46 bits per heavy atom. The summed E-state index contributed by atoms with van der Waals surface area (Å²) < 4.78 is 1.09. The number of nitrogens with zero attached hydrogens (tertiary/aromatic N) is 2. The quantitative estimate of drug-likeness (QED) is 0.672. The number of nitrogens with one attached hydrogen (secondary N) is 1. The Morgan fingerprint density at radius 1 is 1.12 bits per heavy atom. The highest BCUT2D eigenvalue weighted by Gasteiger charge is 2.22. The standard InChI is InChI=1S/C20H22ClN3OS/c1-3-23(4-2)13-14-24(19(25)15-9-11-16(21)12-10-15)20-22-17-7-5-6-8-18(17)26-20/h5-12H,3-4,13-14H2,1-2H3/p+1. The molecule has 1 heterocycles. The van der Waals surface area contributed by atoms with E-state index in [-0.39, 0.29) is 5.91 Å². The molecule has 0 fully saturated rings. The topological polar surface area (TPSA) is 37.6 Å². The molecule has 0 aliphatic rings. The first-order chi connectivity index (χ1) is 12.6. The maximum Gasteiger partial charge on any atom is 0.260 e. The molecular weight excluding hydrogens is 366 g/mol. The van der Waals surface area contributed by atoms with Gasteiger partial charge in [-0.2, -0.15) is 0 Å². The third-order valence-corrected chi connectivity index (χ3v) is 5.85. The van der Waals surface area contributed by atoms with Crippen LogP contribution in [0.4, 0.5) is 5.13 Å². The lowest BCUT2D eigenvalue weighted by Crippen LogP contribution is -3.12. The number of halogens is 1. The van der Waals surface area contributed by atoms with Gasteiger partial charge in [0.1, 0.15) is 0 Å². The number of carbonyl (C=O) groups is 1. The minimum atomic E-state index is -0.0349. The first kappa shape index (κ1) is 18.8. The van der Waals surface area contributed by atoms with Crippen molar-refractivity contribution >= 4 is 44.2 Å². The molecule has 1 amide bonds. The average Bonchev–Trinajstić information content (AvgIpc) is 3.09. The molecular formula is C20H23ClN3OS+. The first-order valence-electron chi connectivity index (χ1n) is 8.89. The van der Waals surface area contributed by atoms with E-state index in [9.17, 15) is 4.79 Å². The molecule has 0 aliphatic heterocycles. The maximum absolute atomic E-state index is 13.2. The Balaban J connectivity index is 1.92. The van der Waals surface area contributed by atoms with E-state index < -0.39 is 0 Å². The van der Waals surface area contributed by atoms with Crippen molar-refractivity contribution in [2.24, 2.45) is 0 Å². The summed E-state index contributed by atoms with van der Waals surface area (Å²) in [6, 6.07) is 15.0. The van der Waals surface area contributed by atoms with Crippen LogP contribution in [-0.2, 0) is 0 Å². The molecule has 3 aromatic rings. The molecule has 2 aromatic carbocycles. The van der Waals surface area contributed by atoms with Crippen LogP contribution in [0, 0.1) is 0 Å². The summed E-state index contributed by atoms with van der Waals surface area (Å²) in [6.45, 7) is 7.95. The van der Waals surface area contributed by atoms with Crippen LogP contribution in [-0.4, -0.2) is 37.1 Å². The summed E-state index contributed by atoms with van der Waals surface area (Å²) >= 11 is 7.53. The fraction of sp³-hybridized carbons (Fsp3) is 0.300. The number of thiazole rings is 1. The number of fused-ring (bicyclic) bond motifs is 1. The number of likely N-dealkylation sites (N-methyl/N-ethyl adjacent to an activating group) is 1. The van der Waals surface area contributed by atoms with Gasteiger partial charge in [-0.3, -0.25) is 9.69 Å². The monoisotopic (exact) mass is 388 g/mol. The van der Waals surface area contributed by atoms with Gasteiger partial charge in [-0.15, -0.1) is 0 Å². The first-order valence-corrected chi connectivity index (χ1v) is 10.1. The molecule has 0 radical (unpaired) electrons. The van der Waals surface area contributed by atoms with E-state index in [4.69, 9.17) is 16.6 Å². The summed E-state index contributed by atoms with van der Waals surface area (Å²) in [6.07, 6.45) is 0. The third kappa shape index (κ3) is 4.23. The number of carbonyl (C=O) groups excluding carboxylic acids is 1.